The molecule has 3 rings (SSSR count). The number of phenolic OH excluding ortho intramolecular Hbond substituents is 1. The maximum absolute atomic E-state index is 12.0. The zero-order valence-electron chi connectivity index (χ0n) is 16.9. The number of carbonyl (C=O) groups is 1. The summed E-state index contributed by atoms with van der Waals surface area (Å²) in [6.45, 7) is 0.556. The SMILES string of the molecule is COc1cc(C(NCCc2ccncc2CCc2cccnc2)C(N)=O)ccc1O. The number of aromatic hydroxyl groups is 1. The molecule has 0 bridgehead atoms. The number of nitrogens with one attached hydrogen (secondary N) is 1. The molecule has 0 fully saturated rings. The van der Waals surface area contributed by atoms with Crippen molar-refractivity contribution in [2.75, 3.05) is 13.7 Å². The first-order chi connectivity index (χ1) is 14.6. The third-order valence-corrected chi connectivity index (χ3v) is 4.97. The lowest BCUT2D eigenvalue weighted by molar-refractivity contribution is -0.120. The number of carbonyl (C=O) groups excluding carboxylic acids is 1. The third-order valence-electron chi connectivity index (χ3n) is 4.97. The minimum atomic E-state index is -0.680. The van der Waals surface area contributed by atoms with Gasteiger partial charge in [-0.25, -0.2) is 0 Å². The second-order valence-corrected chi connectivity index (χ2v) is 6.98. The van der Waals surface area contributed by atoms with E-state index in [1.165, 1.54) is 29.9 Å². The predicted molar refractivity (Wildman–Crippen MR) is 114 cm³/mol. The molecule has 7 heteroatoms. The highest BCUT2D eigenvalue weighted by Crippen LogP contribution is 2.29. The molecule has 2 heterocycles. The van der Waals surface area contributed by atoms with Crippen molar-refractivity contribution < 1.29 is 14.6 Å². The number of phenols is 1. The summed E-state index contributed by atoms with van der Waals surface area (Å²) in [4.78, 5) is 20.4. The van der Waals surface area contributed by atoms with Gasteiger partial charge in [0.15, 0.2) is 11.5 Å². The Morgan fingerprint density at radius 1 is 1.10 bits per heavy atom. The lowest BCUT2D eigenvalue weighted by Crippen LogP contribution is -2.34. The number of benzene rings is 1. The first kappa shape index (κ1) is 21.3. The number of pyridine rings is 2. The summed E-state index contributed by atoms with van der Waals surface area (Å²) >= 11 is 0. The van der Waals surface area contributed by atoms with Crippen LogP contribution < -0.4 is 15.8 Å². The van der Waals surface area contributed by atoms with Crippen molar-refractivity contribution in [3.05, 3.63) is 83.4 Å². The number of amides is 1. The van der Waals surface area contributed by atoms with E-state index in [0.29, 0.717) is 17.9 Å². The number of aryl methyl sites for hydroxylation is 2. The molecular formula is C23H26N4O3. The summed E-state index contributed by atoms with van der Waals surface area (Å²) in [6.07, 6.45) is 9.79. The van der Waals surface area contributed by atoms with Crippen LogP contribution in [0.1, 0.15) is 28.3 Å². The van der Waals surface area contributed by atoms with E-state index in [2.05, 4.69) is 21.4 Å². The summed E-state index contributed by atoms with van der Waals surface area (Å²) in [7, 11) is 1.46. The molecule has 1 amide bonds. The van der Waals surface area contributed by atoms with Gasteiger partial charge in [0.25, 0.3) is 0 Å². The molecule has 3 aromatic rings. The Kier molecular flexibility index (Phi) is 7.34. The van der Waals surface area contributed by atoms with Gasteiger partial charge in [-0.15, -0.1) is 0 Å². The Balaban J connectivity index is 1.64. The minimum Gasteiger partial charge on any atom is -0.504 e. The second kappa shape index (κ2) is 10.4. The maximum atomic E-state index is 12.0. The number of nitrogens with zero attached hydrogens (tertiary/aromatic N) is 2. The smallest absolute Gasteiger partial charge is 0.239 e. The average Bonchev–Trinajstić information content (AvgIpc) is 2.77. The maximum Gasteiger partial charge on any atom is 0.239 e. The number of ether oxygens (including phenoxy) is 1. The van der Waals surface area contributed by atoms with Gasteiger partial charge in [-0.1, -0.05) is 12.1 Å². The van der Waals surface area contributed by atoms with Crippen LogP contribution in [-0.4, -0.2) is 34.6 Å². The van der Waals surface area contributed by atoms with Crippen LogP contribution >= 0.6 is 0 Å². The molecule has 1 unspecified atom stereocenters. The third kappa shape index (κ3) is 5.55. The fraction of sp³-hybridized carbons (Fsp3) is 0.261. The summed E-state index contributed by atoms with van der Waals surface area (Å²) < 4.78 is 5.13. The van der Waals surface area contributed by atoms with Crippen LogP contribution in [0.2, 0.25) is 0 Å². The number of hydrogen-bond donors (Lipinski definition) is 3. The molecule has 1 aromatic carbocycles. The number of methoxy groups -OCH3 is 1. The first-order valence-corrected chi connectivity index (χ1v) is 9.78. The van der Waals surface area contributed by atoms with Gasteiger partial charge in [-0.2, -0.15) is 0 Å². The van der Waals surface area contributed by atoms with Crippen molar-refractivity contribution >= 4 is 5.91 Å². The predicted octanol–water partition coefficient (Wildman–Crippen LogP) is 2.33. The summed E-state index contributed by atoms with van der Waals surface area (Å²) in [6, 6.07) is 10.1. The highest BCUT2D eigenvalue weighted by molar-refractivity contribution is 5.81. The lowest BCUT2D eigenvalue weighted by Gasteiger charge is -2.18. The molecule has 7 nitrogen and oxygen atoms in total. The van der Waals surface area contributed by atoms with E-state index < -0.39 is 11.9 Å². The second-order valence-electron chi connectivity index (χ2n) is 6.98. The first-order valence-electron chi connectivity index (χ1n) is 9.78. The Labute approximate surface area is 175 Å². The molecule has 2 aromatic heterocycles. The van der Waals surface area contributed by atoms with Crippen LogP contribution in [0.3, 0.4) is 0 Å². The zero-order valence-corrected chi connectivity index (χ0v) is 16.9. The fourth-order valence-electron chi connectivity index (χ4n) is 3.36. The van der Waals surface area contributed by atoms with Crippen molar-refractivity contribution in [3.8, 4) is 11.5 Å². The molecule has 0 aliphatic rings. The van der Waals surface area contributed by atoms with Gasteiger partial charge in [0.05, 0.1) is 7.11 Å². The topological polar surface area (TPSA) is 110 Å². The van der Waals surface area contributed by atoms with Gasteiger partial charge < -0.3 is 20.9 Å². The fourth-order valence-corrected chi connectivity index (χ4v) is 3.36. The molecule has 0 aliphatic heterocycles. The number of aromatic nitrogens is 2. The van der Waals surface area contributed by atoms with Crippen LogP contribution in [0.5, 0.6) is 11.5 Å². The van der Waals surface area contributed by atoms with Crippen molar-refractivity contribution in [3.63, 3.8) is 0 Å². The van der Waals surface area contributed by atoms with Gasteiger partial charge in [-0.05, 0) is 65.8 Å². The van der Waals surface area contributed by atoms with Crippen LogP contribution in [-0.2, 0) is 24.1 Å². The van der Waals surface area contributed by atoms with Crippen molar-refractivity contribution in [2.45, 2.75) is 25.3 Å². The van der Waals surface area contributed by atoms with Crippen molar-refractivity contribution in [2.24, 2.45) is 5.73 Å². The molecule has 30 heavy (non-hydrogen) atoms. The summed E-state index contributed by atoms with van der Waals surface area (Å²) in [5.41, 5.74) is 9.77. The normalized spacial score (nSPS) is 11.8. The van der Waals surface area contributed by atoms with E-state index in [-0.39, 0.29) is 5.75 Å². The monoisotopic (exact) mass is 406 g/mol. The van der Waals surface area contributed by atoms with E-state index >= 15 is 0 Å². The number of hydrogen-bond acceptors (Lipinski definition) is 6. The van der Waals surface area contributed by atoms with Crippen LogP contribution in [0.15, 0.2) is 61.2 Å². The van der Waals surface area contributed by atoms with E-state index in [1.807, 2.05) is 24.5 Å². The standard InChI is InChI=1S/C23H26N4O3/c1-30-21-13-18(6-7-20(21)28)22(23(24)29)27-12-9-17-8-11-26-15-19(17)5-4-16-3-2-10-25-14-16/h2-3,6-8,10-11,13-15,22,27-28H,4-5,9,12H2,1H3,(H2,24,29). The zero-order chi connectivity index (χ0) is 21.3. The molecule has 156 valence electrons. The average molecular weight is 406 g/mol. The lowest BCUT2D eigenvalue weighted by atomic mass is 10.00. The highest BCUT2D eigenvalue weighted by Gasteiger charge is 2.19. The molecule has 0 saturated heterocycles. The number of nitrogens with two attached hydrogens (primary N) is 1. The van der Waals surface area contributed by atoms with Gasteiger partial charge in [0.2, 0.25) is 5.91 Å². The largest absolute Gasteiger partial charge is 0.504 e. The van der Waals surface area contributed by atoms with Crippen LogP contribution in [0, 0.1) is 0 Å². The van der Waals surface area contributed by atoms with E-state index in [0.717, 1.165) is 19.3 Å². The van der Waals surface area contributed by atoms with Gasteiger partial charge in [0.1, 0.15) is 6.04 Å². The van der Waals surface area contributed by atoms with Gasteiger partial charge in [-0.3, -0.25) is 14.8 Å². The number of primary amides is 1. The van der Waals surface area contributed by atoms with E-state index in [9.17, 15) is 9.90 Å². The Morgan fingerprint density at radius 2 is 1.93 bits per heavy atom. The molecule has 0 saturated carbocycles. The summed E-state index contributed by atoms with van der Waals surface area (Å²) in [5, 5.41) is 13.0. The highest BCUT2D eigenvalue weighted by atomic mass is 16.5. The Hall–Kier alpha value is -3.45. The summed E-state index contributed by atoms with van der Waals surface area (Å²) in [5.74, 6) is -0.179. The molecule has 1 atom stereocenters. The van der Waals surface area contributed by atoms with Gasteiger partial charge in [0, 0.05) is 31.3 Å². The van der Waals surface area contributed by atoms with E-state index in [4.69, 9.17) is 10.5 Å². The molecular weight excluding hydrogens is 380 g/mol. The Morgan fingerprint density at radius 3 is 2.67 bits per heavy atom. The van der Waals surface area contributed by atoms with Crippen molar-refractivity contribution in [1.29, 1.82) is 0 Å². The number of rotatable bonds is 10. The Bertz CT molecular complexity index is 979. The molecule has 0 radical (unpaired) electrons. The van der Waals surface area contributed by atoms with Gasteiger partial charge >= 0.3 is 0 Å². The minimum absolute atomic E-state index is 0.0134. The molecule has 4 N–H and O–H groups in total. The van der Waals surface area contributed by atoms with E-state index in [1.54, 1.807) is 24.5 Å². The van der Waals surface area contributed by atoms with Crippen molar-refractivity contribution in [1.82, 2.24) is 15.3 Å². The quantitative estimate of drug-likeness (QED) is 0.477. The van der Waals surface area contributed by atoms with Crippen LogP contribution in [0.25, 0.3) is 0 Å². The molecule has 0 aliphatic carbocycles. The van der Waals surface area contributed by atoms with Crippen LogP contribution in [0.4, 0.5) is 0 Å². The molecule has 0 spiro atoms.